The lowest BCUT2D eigenvalue weighted by Crippen LogP contribution is -2.40. The molecule has 0 fully saturated rings. The summed E-state index contributed by atoms with van der Waals surface area (Å²) in [6.45, 7) is 3.88. The molecule has 0 radical (unpaired) electrons. The Hall–Kier alpha value is -2.84. The van der Waals surface area contributed by atoms with E-state index in [1.54, 1.807) is 30.3 Å². The van der Waals surface area contributed by atoms with Crippen LogP contribution in [0.15, 0.2) is 48.5 Å². The van der Waals surface area contributed by atoms with Gasteiger partial charge in [0, 0.05) is 25.7 Å². The van der Waals surface area contributed by atoms with Crippen LogP contribution < -0.4 is 0 Å². The van der Waals surface area contributed by atoms with Gasteiger partial charge in [-0.15, -0.1) is 0 Å². The third-order valence-corrected chi connectivity index (χ3v) is 5.65. The molecule has 1 amide bonds. The quantitative estimate of drug-likeness (QED) is 0.415. The van der Waals surface area contributed by atoms with E-state index in [0.717, 1.165) is 15.5 Å². The zero-order valence-electron chi connectivity index (χ0n) is 19.2. The van der Waals surface area contributed by atoms with E-state index in [1.165, 1.54) is 40.0 Å². The Morgan fingerprint density at radius 1 is 1.12 bits per heavy atom. The standard InChI is InChI=1S/C25H25ClF4N2O2/c1-15-20(17-10-11-18(26)19(27)12-17)21(23(33)31(4)14-24(2,3)34)32(22(15)25(28,29)30)13-16-8-6-5-7-9-16/h5-12,34H,13-14H2,1-4H3. The van der Waals surface area contributed by atoms with Gasteiger partial charge in [0.25, 0.3) is 5.91 Å². The minimum absolute atomic E-state index is 0.0357. The number of nitrogens with zero attached hydrogens (tertiary/aromatic N) is 2. The van der Waals surface area contributed by atoms with Crippen LogP contribution in [0.5, 0.6) is 0 Å². The Balaban J connectivity index is 2.35. The molecule has 0 saturated carbocycles. The van der Waals surface area contributed by atoms with Crippen LogP contribution in [0.2, 0.25) is 5.02 Å². The van der Waals surface area contributed by atoms with E-state index < -0.39 is 29.2 Å². The number of hydrogen-bond acceptors (Lipinski definition) is 2. The van der Waals surface area contributed by atoms with Crippen LogP contribution >= 0.6 is 11.6 Å². The minimum Gasteiger partial charge on any atom is -0.389 e. The maximum atomic E-state index is 14.3. The summed E-state index contributed by atoms with van der Waals surface area (Å²) in [6, 6.07) is 12.1. The van der Waals surface area contributed by atoms with Gasteiger partial charge in [-0.25, -0.2) is 4.39 Å². The molecular weight excluding hydrogens is 472 g/mol. The van der Waals surface area contributed by atoms with Gasteiger partial charge in [0.2, 0.25) is 0 Å². The van der Waals surface area contributed by atoms with Gasteiger partial charge in [-0.1, -0.05) is 48.0 Å². The molecule has 1 N–H and O–H groups in total. The summed E-state index contributed by atoms with van der Waals surface area (Å²) in [5, 5.41) is 10.00. The Kier molecular flexibility index (Phi) is 7.15. The molecular formula is C25H25ClF4N2O2. The fourth-order valence-corrected chi connectivity index (χ4v) is 4.21. The monoisotopic (exact) mass is 496 g/mol. The van der Waals surface area contributed by atoms with E-state index in [1.807, 2.05) is 0 Å². The van der Waals surface area contributed by atoms with Crippen LogP contribution in [-0.2, 0) is 12.7 Å². The number of alkyl halides is 3. The first-order valence-corrected chi connectivity index (χ1v) is 10.9. The van der Waals surface area contributed by atoms with Gasteiger partial charge in [-0.3, -0.25) is 4.79 Å². The van der Waals surface area contributed by atoms with Crippen molar-refractivity contribution in [3.8, 4) is 11.1 Å². The number of halogens is 5. The van der Waals surface area contributed by atoms with Gasteiger partial charge in [-0.2, -0.15) is 13.2 Å². The van der Waals surface area contributed by atoms with Crippen molar-refractivity contribution < 1.29 is 27.5 Å². The number of aromatic nitrogens is 1. The highest BCUT2D eigenvalue weighted by Crippen LogP contribution is 2.42. The predicted molar refractivity (Wildman–Crippen MR) is 123 cm³/mol. The van der Waals surface area contributed by atoms with Crippen molar-refractivity contribution >= 4 is 17.5 Å². The van der Waals surface area contributed by atoms with Gasteiger partial charge in [0.05, 0.1) is 10.6 Å². The Morgan fingerprint density at radius 2 is 1.74 bits per heavy atom. The van der Waals surface area contributed by atoms with Crippen LogP contribution in [0.1, 0.15) is 41.2 Å². The lowest BCUT2D eigenvalue weighted by atomic mass is 9.99. The summed E-state index contributed by atoms with van der Waals surface area (Å²) in [5.74, 6) is -1.55. The van der Waals surface area contributed by atoms with Crippen molar-refractivity contribution in [2.24, 2.45) is 0 Å². The zero-order chi connectivity index (χ0) is 25.4. The summed E-state index contributed by atoms with van der Waals surface area (Å²) in [6.07, 6.45) is -4.79. The smallest absolute Gasteiger partial charge is 0.389 e. The largest absolute Gasteiger partial charge is 0.431 e. The molecule has 0 aliphatic carbocycles. The summed E-state index contributed by atoms with van der Waals surface area (Å²) in [4.78, 5) is 14.7. The number of likely N-dealkylation sites (N-methyl/N-ethyl adjacent to an activating group) is 1. The third kappa shape index (κ3) is 5.45. The van der Waals surface area contributed by atoms with Crippen LogP contribution in [0.4, 0.5) is 17.6 Å². The number of amides is 1. The number of benzene rings is 2. The molecule has 0 bridgehead atoms. The Labute approximate surface area is 200 Å². The first-order chi connectivity index (χ1) is 15.7. The molecule has 182 valence electrons. The van der Waals surface area contributed by atoms with Crippen molar-refractivity contribution in [2.75, 3.05) is 13.6 Å². The molecule has 2 aromatic carbocycles. The molecule has 3 aromatic rings. The fraction of sp³-hybridized carbons (Fsp3) is 0.320. The van der Waals surface area contributed by atoms with E-state index >= 15 is 0 Å². The molecule has 0 aliphatic rings. The molecule has 0 saturated heterocycles. The van der Waals surface area contributed by atoms with Crippen molar-refractivity contribution in [3.63, 3.8) is 0 Å². The number of carbonyl (C=O) groups excluding carboxylic acids is 1. The summed E-state index contributed by atoms with van der Waals surface area (Å²) in [5.41, 5.74) is -2.12. The topological polar surface area (TPSA) is 45.5 Å². The third-order valence-electron chi connectivity index (χ3n) is 5.34. The second kappa shape index (κ2) is 9.43. The van der Waals surface area contributed by atoms with Crippen LogP contribution in [0, 0.1) is 12.7 Å². The highest BCUT2D eigenvalue weighted by molar-refractivity contribution is 6.30. The van der Waals surface area contributed by atoms with Gasteiger partial charge < -0.3 is 14.6 Å². The molecule has 9 heteroatoms. The normalized spacial score (nSPS) is 12.2. The molecule has 0 atom stereocenters. The van der Waals surface area contributed by atoms with E-state index in [4.69, 9.17) is 11.6 Å². The van der Waals surface area contributed by atoms with Gasteiger partial charge >= 0.3 is 6.18 Å². The molecule has 0 unspecified atom stereocenters. The van der Waals surface area contributed by atoms with Crippen molar-refractivity contribution in [1.29, 1.82) is 0 Å². The Bertz CT molecular complexity index is 1200. The van der Waals surface area contributed by atoms with Crippen molar-refractivity contribution in [1.82, 2.24) is 9.47 Å². The van der Waals surface area contributed by atoms with Crippen LogP contribution in [0.25, 0.3) is 11.1 Å². The van der Waals surface area contributed by atoms with Gasteiger partial charge in [0.1, 0.15) is 17.2 Å². The zero-order valence-corrected chi connectivity index (χ0v) is 19.9. The van der Waals surface area contributed by atoms with E-state index in [0.29, 0.717) is 5.56 Å². The maximum Gasteiger partial charge on any atom is 0.431 e. The number of aliphatic hydroxyl groups is 1. The Morgan fingerprint density at radius 3 is 2.26 bits per heavy atom. The highest BCUT2D eigenvalue weighted by Gasteiger charge is 2.41. The van der Waals surface area contributed by atoms with E-state index in [9.17, 15) is 27.5 Å². The number of rotatable bonds is 6. The molecule has 3 rings (SSSR count). The van der Waals surface area contributed by atoms with Gasteiger partial charge in [0.15, 0.2) is 0 Å². The second-order valence-electron chi connectivity index (χ2n) is 8.87. The number of carbonyl (C=O) groups is 1. The van der Waals surface area contributed by atoms with Gasteiger partial charge in [-0.05, 0) is 49.6 Å². The summed E-state index contributed by atoms with van der Waals surface area (Å²) < 4.78 is 58.2. The first kappa shape index (κ1) is 25.8. The lowest BCUT2D eigenvalue weighted by Gasteiger charge is -2.27. The van der Waals surface area contributed by atoms with Crippen LogP contribution in [0.3, 0.4) is 0 Å². The summed E-state index contributed by atoms with van der Waals surface area (Å²) in [7, 11) is 1.40. The fourth-order valence-electron chi connectivity index (χ4n) is 4.10. The maximum absolute atomic E-state index is 14.3. The molecule has 34 heavy (non-hydrogen) atoms. The first-order valence-electron chi connectivity index (χ1n) is 10.5. The minimum atomic E-state index is -4.79. The molecule has 1 heterocycles. The van der Waals surface area contributed by atoms with Crippen molar-refractivity contribution in [3.05, 3.63) is 81.9 Å². The van der Waals surface area contributed by atoms with Crippen molar-refractivity contribution in [2.45, 2.75) is 39.1 Å². The molecule has 4 nitrogen and oxygen atoms in total. The molecule has 0 spiro atoms. The van der Waals surface area contributed by atoms with E-state index in [-0.39, 0.29) is 40.5 Å². The predicted octanol–water partition coefficient (Wildman–Crippen LogP) is 6.17. The summed E-state index contributed by atoms with van der Waals surface area (Å²) >= 11 is 5.79. The van der Waals surface area contributed by atoms with Crippen LogP contribution in [-0.4, -0.2) is 39.7 Å². The number of hydrogen-bond donors (Lipinski definition) is 1. The lowest BCUT2D eigenvalue weighted by molar-refractivity contribution is -0.143. The molecule has 0 aliphatic heterocycles. The highest BCUT2D eigenvalue weighted by atomic mass is 35.5. The average molecular weight is 497 g/mol. The average Bonchev–Trinajstić information content (AvgIpc) is 3.00. The second-order valence-corrected chi connectivity index (χ2v) is 9.28. The molecule has 1 aromatic heterocycles. The SMILES string of the molecule is Cc1c(-c2ccc(Cl)c(F)c2)c(C(=O)N(C)CC(C)(C)O)n(Cc2ccccc2)c1C(F)(F)F. The van der Waals surface area contributed by atoms with E-state index in [2.05, 4.69) is 0 Å².